The number of hydrogen-bond donors (Lipinski definition) is 1. The van der Waals surface area contributed by atoms with Gasteiger partial charge in [-0.1, -0.05) is 24.3 Å². The molecule has 0 radical (unpaired) electrons. The standard InChI is InChI=1S/C20H15F6NO/c21-19(22,23)15-7-3-13(4-8-15)17(27-11-1-2-12-27)18(28)14-5-9-16(10-6-14)20(24,25)26/h1-12,17-18,28H. The molecule has 0 aliphatic carbocycles. The summed E-state index contributed by atoms with van der Waals surface area (Å²) in [6.07, 6.45) is -7.03. The molecule has 28 heavy (non-hydrogen) atoms. The highest BCUT2D eigenvalue weighted by Gasteiger charge is 2.32. The lowest BCUT2D eigenvalue weighted by atomic mass is 9.94. The minimum Gasteiger partial charge on any atom is -0.386 e. The zero-order valence-corrected chi connectivity index (χ0v) is 14.2. The van der Waals surface area contributed by atoms with E-state index in [2.05, 4.69) is 0 Å². The molecule has 1 aromatic heterocycles. The summed E-state index contributed by atoms with van der Waals surface area (Å²) in [5, 5.41) is 10.8. The van der Waals surface area contributed by atoms with Crippen LogP contribution in [-0.2, 0) is 12.4 Å². The molecule has 3 aromatic rings. The van der Waals surface area contributed by atoms with Gasteiger partial charge in [0.15, 0.2) is 0 Å². The molecule has 2 aromatic carbocycles. The smallest absolute Gasteiger partial charge is 0.386 e. The van der Waals surface area contributed by atoms with Crippen molar-refractivity contribution in [2.24, 2.45) is 0 Å². The van der Waals surface area contributed by atoms with E-state index in [0.717, 1.165) is 36.4 Å². The van der Waals surface area contributed by atoms with E-state index in [1.807, 2.05) is 0 Å². The van der Waals surface area contributed by atoms with Crippen molar-refractivity contribution in [3.05, 3.63) is 95.3 Å². The Morgan fingerprint density at radius 3 is 1.43 bits per heavy atom. The maximum absolute atomic E-state index is 12.8. The summed E-state index contributed by atoms with van der Waals surface area (Å²) in [5.41, 5.74) is -1.08. The molecule has 0 fully saturated rings. The Morgan fingerprint density at radius 1 is 0.643 bits per heavy atom. The van der Waals surface area contributed by atoms with Crippen LogP contribution in [0, 0.1) is 0 Å². The number of benzene rings is 2. The van der Waals surface area contributed by atoms with Gasteiger partial charge in [-0.05, 0) is 47.5 Å². The van der Waals surface area contributed by atoms with Crippen LogP contribution in [0.25, 0.3) is 0 Å². The van der Waals surface area contributed by atoms with Crippen molar-refractivity contribution in [1.82, 2.24) is 4.57 Å². The number of aliphatic hydroxyl groups is 1. The second kappa shape index (κ2) is 7.35. The number of hydrogen-bond acceptors (Lipinski definition) is 1. The van der Waals surface area contributed by atoms with Crippen molar-refractivity contribution < 1.29 is 31.4 Å². The van der Waals surface area contributed by atoms with Crippen molar-refractivity contribution in [2.45, 2.75) is 24.5 Å². The van der Waals surface area contributed by atoms with E-state index < -0.39 is 35.6 Å². The third-order valence-electron chi connectivity index (χ3n) is 4.41. The first-order chi connectivity index (χ1) is 13.1. The van der Waals surface area contributed by atoms with Crippen molar-refractivity contribution in [3.8, 4) is 0 Å². The van der Waals surface area contributed by atoms with Crippen LogP contribution >= 0.6 is 0 Å². The summed E-state index contributed by atoms with van der Waals surface area (Å²) in [7, 11) is 0. The van der Waals surface area contributed by atoms with E-state index in [0.29, 0.717) is 5.56 Å². The molecule has 0 spiro atoms. The number of rotatable bonds is 4. The monoisotopic (exact) mass is 399 g/mol. The van der Waals surface area contributed by atoms with Gasteiger partial charge in [0, 0.05) is 12.4 Å². The second-order valence-corrected chi connectivity index (χ2v) is 6.26. The first-order valence-corrected chi connectivity index (χ1v) is 8.22. The van der Waals surface area contributed by atoms with E-state index in [-0.39, 0.29) is 5.56 Å². The first-order valence-electron chi connectivity index (χ1n) is 8.22. The van der Waals surface area contributed by atoms with E-state index in [9.17, 15) is 31.4 Å². The Labute approximate surface area is 156 Å². The van der Waals surface area contributed by atoms with Crippen LogP contribution in [0.5, 0.6) is 0 Å². The van der Waals surface area contributed by atoms with Crippen molar-refractivity contribution in [2.75, 3.05) is 0 Å². The van der Waals surface area contributed by atoms with Gasteiger partial charge in [-0.3, -0.25) is 0 Å². The lowest BCUT2D eigenvalue weighted by molar-refractivity contribution is -0.138. The second-order valence-electron chi connectivity index (χ2n) is 6.26. The molecule has 8 heteroatoms. The van der Waals surface area contributed by atoms with Crippen LogP contribution in [0.2, 0.25) is 0 Å². The van der Waals surface area contributed by atoms with Crippen molar-refractivity contribution >= 4 is 0 Å². The highest BCUT2D eigenvalue weighted by atomic mass is 19.4. The molecule has 0 bridgehead atoms. The van der Waals surface area contributed by atoms with Gasteiger partial charge >= 0.3 is 12.4 Å². The lowest BCUT2D eigenvalue weighted by Gasteiger charge is -2.26. The minimum atomic E-state index is -4.50. The SMILES string of the molecule is OC(c1ccc(C(F)(F)F)cc1)C(c1ccc(C(F)(F)F)cc1)n1cccc1. The van der Waals surface area contributed by atoms with Gasteiger partial charge in [0.1, 0.15) is 6.10 Å². The highest BCUT2D eigenvalue weighted by Crippen LogP contribution is 2.36. The molecule has 0 saturated heterocycles. The Kier molecular flexibility index (Phi) is 5.25. The van der Waals surface area contributed by atoms with Crippen LogP contribution in [0.3, 0.4) is 0 Å². The molecular formula is C20H15F6NO. The first kappa shape index (κ1) is 20.0. The topological polar surface area (TPSA) is 25.2 Å². The summed E-state index contributed by atoms with van der Waals surface area (Å²) in [5.74, 6) is 0. The average molecular weight is 399 g/mol. The number of aliphatic hydroxyl groups excluding tert-OH is 1. The Morgan fingerprint density at radius 2 is 1.04 bits per heavy atom. The van der Waals surface area contributed by atoms with Gasteiger partial charge in [0.05, 0.1) is 17.2 Å². The van der Waals surface area contributed by atoms with Gasteiger partial charge in [-0.25, -0.2) is 0 Å². The fourth-order valence-corrected chi connectivity index (χ4v) is 2.97. The van der Waals surface area contributed by atoms with Gasteiger partial charge in [-0.2, -0.15) is 26.3 Å². The fourth-order valence-electron chi connectivity index (χ4n) is 2.97. The summed E-state index contributed by atoms with van der Waals surface area (Å²) in [6, 6.07) is 10.9. The molecule has 1 N–H and O–H groups in total. The number of nitrogens with zero attached hydrogens (tertiary/aromatic N) is 1. The average Bonchev–Trinajstić information content (AvgIpc) is 3.15. The maximum atomic E-state index is 12.8. The van der Waals surface area contributed by atoms with Crippen molar-refractivity contribution in [1.29, 1.82) is 0 Å². The zero-order valence-electron chi connectivity index (χ0n) is 14.2. The molecule has 1 heterocycles. The molecular weight excluding hydrogens is 384 g/mol. The fraction of sp³-hybridized carbons (Fsp3) is 0.200. The lowest BCUT2D eigenvalue weighted by Crippen LogP contribution is -2.18. The van der Waals surface area contributed by atoms with Gasteiger partial charge < -0.3 is 9.67 Å². The third-order valence-corrected chi connectivity index (χ3v) is 4.41. The molecule has 0 aliphatic rings. The third kappa shape index (κ3) is 4.22. The molecule has 3 rings (SSSR count). The molecule has 0 saturated carbocycles. The molecule has 148 valence electrons. The minimum absolute atomic E-state index is 0.214. The van der Waals surface area contributed by atoms with Gasteiger partial charge in [0.2, 0.25) is 0 Å². The predicted octanol–water partition coefficient (Wildman–Crippen LogP) is 5.85. The van der Waals surface area contributed by atoms with Crippen LogP contribution in [0.4, 0.5) is 26.3 Å². The predicted molar refractivity (Wildman–Crippen MR) is 90.4 cm³/mol. The molecule has 2 unspecified atom stereocenters. The van der Waals surface area contributed by atoms with E-state index in [1.165, 1.54) is 12.1 Å². The summed E-state index contributed by atoms with van der Waals surface area (Å²) in [6.45, 7) is 0. The van der Waals surface area contributed by atoms with Gasteiger partial charge in [0.25, 0.3) is 0 Å². The summed E-state index contributed by atoms with van der Waals surface area (Å²) < 4.78 is 78.2. The number of halogens is 6. The summed E-state index contributed by atoms with van der Waals surface area (Å²) in [4.78, 5) is 0. The van der Waals surface area contributed by atoms with Crippen molar-refractivity contribution in [3.63, 3.8) is 0 Å². The van der Waals surface area contributed by atoms with Crippen LogP contribution in [-0.4, -0.2) is 9.67 Å². The number of alkyl halides is 6. The normalized spacial score (nSPS) is 14.7. The Bertz CT molecular complexity index is 896. The highest BCUT2D eigenvalue weighted by molar-refractivity contribution is 5.32. The zero-order chi connectivity index (χ0) is 20.5. The van der Waals surface area contributed by atoms with Gasteiger partial charge in [-0.15, -0.1) is 0 Å². The van der Waals surface area contributed by atoms with E-state index in [1.54, 1.807) is 29.1 Å². The van der Waals surface area contributed by atoms with Crippen LogP contribution < -0.4 is 0 Å². The maximum Gasteiger partial charge on any atom is 0.416 e. The molecule has 0 amide bonds. The van der Waals surface area contributed by atoms with E-state index in [4.69, 9.17) is 0 Å². The quantitative estimate of drug-likeness (QED) is 0.547. The van der Waals surface area contributed by atoms with Crippen LogP contribution in [0.1, 0.15) is 34.4 Å². The number of aromatic nitrogens is 1. The van der Waals surface area contributed by atoms with E-state index >= 15 is 0 Å². The largest absolute Gasteiger partial charge is 0.416 e. The van der Waals surface area contributed by atoms with Crippen LogP contribution in [0.15, 0.2) is 73.1 Å². The Balaban J connectivity index is 1.97. The molecule has 0 aliphatic heterocycles. The summed E-state index contributed by atoms with van der Waals surface area (Å²) >= 11 is 0. The Hall–Kier alpha value is -2.74. The molecule has 2 atom stereocenters. The molecule has 2 nitrogen and oxygen atoms in total.